The van der Waals surface area contributed by atoms with Crippen LogP contribution in [-0.4, -0.2) is 50.2 Å². The number of hydrogen-bond donors (Lipinski definition) is 3. The van der Waals surface area contributed by atoms with Crippen LogP contribution in [-0.2, 0) is 19.1 Å². The van der Waals surface area contributed by atoms with Gasteiger partial charge < -0.3 is 25.8 Å². The SMILES string of the molecule is COC(=O)CCNC(=O)c1ccc(NC(=O)C2(N)CCOCC2)cc1.Cl. The predicted octanol–water partition coefficient (Wildman–Crippen LogP) is 0.848. The number of carbonyl (C=O) groups is 3. The summed E-state index contributed by atoms with van der Waals surface area (Å²) in [5, 5.41) is 5.39. The molecule has 8 nitrogen and oxygen atoms in total. The summed E-state index contributed by atoms with van der Waals surface area (Å²) in [6, 6.07) is 6.46. The average Bonchev–Trinajstić information content (AvgIpc) is 2.62. The first-order valence-corrected chi connectivity index (χ1v) is 8.08. The molecule has 0 aromatic heterocycles. The highest BCUT2D eigenvalue weighted by atomic mass is 35.5. The van der Waals surface area contributed by atoms with Crippen molar-refractivity contribution in [1.29, 1.82) is 0 Å². The number of carbonyl (C=O) groups excluding carboxylic acids is 3. The van der Waals surface area contributed by atoms with E-state index in [2.05, 4.69) is 15.4 Å². The minimum atomic E-state index is -0.928. The third-order valence-corrected chi connectivity index (χ3v) is 4.08. The van der Waals surface area contributed by atoms with Crippen LogP contribution in [0.15, 0.2) is 24.3 Å². The fourth-order valence-electron chi connectivity index (χ4n) is 2.41. The van der Waals surface area contributed by atoms with Crippen LogP contribution >= 0.6 is 12.4 Å². The molecule has 2 rings (SSSR count). The molecule has 1 aliphatic rings. The van der Waals surface area contributed by atoms with Crippen LogP contribution in [0.5, 0.6) is 0 Å². The van der Waals surface area contributed by atoms with E-state index in [0.29, 0.717) is 37.3 Å². The van der Waals surface area contributed by atoms with E-state index in [1.165, 1.54) is 7.11 Å². The van der Waals surface area contributed by atoms with Crippen LogP contribution in [0.3, 0.4) is 0 Å². The van der Waals surface area contributed by atoms with Gasteiger partial charge >= 0.3 is 5.97 Å². The first kappa shape index (κ1) is 21.9. The van der Waals surface area contributed by atoms with Gasteiger partial charge in [-0.25, -0.2) is 0 Å². The third-order valence-electron chi connectivity index (χ3n) is 4.08. The number of ether oxygens (including phenoxy) is 2. The second kappa shape index (κ2) is 10.1. The minimum Gasteiger partial charge on any atom is -0.469 e. The molecule has 26 heavy (non-hydrogen) atoms. The molecule has 2 amide bonds. The molecule has 1 aromatic carbocycles. The molecule has 4 N–H and O–H groups in total. The van der Waals surface area contributed by atoms with E-state index >= 15 is 0 Å². The maximum absolute atomic E-state index is 12.3. The third kappa shape index (κ3) is 5.98. The molecule has 0 saturated carbocycles. The second-order valence-electron chi connectivity index (χ2n) is 5.88. The zero-order chi connectivity index (χ0) is 18.3. The smallest absolute Gasteiger partial charge is 0.307 e. The van der Waals surface area contributed by atoms with E-state index < -0.39 is 5.54 Å². The lowest BCUT2D eigenvalue weighted by Crippen LogP contribution is -2.54. The molecule has 0 unspecified atom stereocenters. The highest BCUT2D eigenvalue weighted by Gasteiger charge is 2.35. The Morgan fingerprint density at radius 3 is 2.38 bits per heavy atom. The van der Waals surface area contributed by atoms with E-state index in [0.717, 1.165) is 0 Å². The Morgan fingerprint density at radius 2 is 1.81 bits per heavy atom. The molecule has 0 spiro atoms. The Kier molecular flexibility index (Phi) is 8.50. The molecule has 1 heterocycles. The van der Waals surface area contributed by atoms with E-state index in [1.807, 2.05) is 0 Å². The molecule has 9 heteroatoms. The van der Waals surface area contributed by atoms with Gasteiger partial charge in [0.05, 0.1) is 13.5 Å². The Morgan fingerprint density at radius 1 is 1.19 bits per heavy atom. The van der Waals surface area contributed by atoms with Gasteiger partial charge in [0.1, 0.15) is 5.54 Å². The van der Waals surface area contributed by atoms with Crippen molar-refractivity contribution in [3.05, 3.63) is 29.8 Å². The van der Waals surface area contributed by atoms with Crippen molar-refractivity contribution in [2.24, 2.45) is 5.73 Å². The Balaban J connectivity index is 0.00000338. The highest BCUT2D eigenvalue weighted by Crippen LogP contribution is 2.20. The molecule has 1 aliphatic heterocycles. The van der Waals surface area contributed by atoms with Crippen molar-refractivity contribution in [1.82, 2.24) is 5.32 Å². The first-order chi connectivity index (χ1) is 11.9. The summed E-state index contributed by atoms with van der Waals surface area (Å²) in [6.07, 6.45) is 1.05. The number of esters is 1. The molecule has 0 aliphatic carbocycles. The highest BCUT2D eigenvalue weighted by molar-refractivity contribution is 5.99. The largest absolute Gasteiger partial charge is 0.469 e. The summed E-state index contributed by atoms with van der Waals surface area (Å²) < 4.78 is 9.73. The van der Waals surface area contributed by atoms with Gasteiger partial charge in [0.2, 0.25) is 5.91 Å². The summed E-state index contributed by atoms with van der Waals surface area (Å²) in [7, 11) is 1.29. The second-order valence-corrected chi connectivity index (χ2v) is 5.88. The monoisotopic (exact) mass is 385 g/mol. The van der Waals surface area contributed by atoms with Crippen LogP contribution in [0, 0.1) is 0 Å². The lowest BCUT2D eigenvalue weighted by atomic mass is 9.90. The number of anilines is 1. The topological polar surface area (TPSA) is 120 Å². The normalized spacial score (nSPS) is 15.3. The molecule has 0 radical (unpaired) electrons. The van der Waals surface area contributed by atoms with Crippen LogP contribution in [0.25, 0.3) is 0 Å². The van der Waals surface area contributed by atoms with Crippen molar-refractivity contribution < 1.29 is 23.9 Å². The number of amides is 2. The zero-order valence-electron chi connectivity index (χ0n) is 14.6. The molecular formula is C17H24ClN3O5. The van der Waals surface area contributed by atoms with Gasteiger partial charge in [-0.1, -0.05) is 0 Å². The van der Waals surface area contributed by atoms with Crippen molar-refractivity contribution >= 4 is 35.9 Å². The van der Waals surface area contributed by atoms with Crippen molar-refractivity contribution in [3.63, 3.8) is 0 Å². The summed E-state index contributed by atoms with van der Waals surface area (Å²) in [5.41, 5.74) is 6.19. The summed E-state index contributed by atoms with van der Waals surface area (Å²) in [5.74, 6) is -0.949. The number of nitrogens with two attached hydrogens (primary N) is 1. The van der Waals surface area contributed by atoms with Gasteiger partial charge in [0.15, 0.2) is 0 Å². The fraction of sp³-hybridized carbons (Fsp3) is 0.471. The fourth-order valence-corrected chi connectivity index (χ4v) is 2.41. The van der Waals surface area contributed by atoms with Gasteiger partial charge in [0.25, 0.3) is 5.91 Å². The lowest BCUT2D eigenvalue weighted by Gasteiger charge is -2.31. The number of nitrogens with one attached hydrogen (secondary N) is 2. The van der Waals surface area contributed by atoms with E-state index in [1.54, 1.807) is 24.3 Å². The van der Waals surface area contributed by atoms with Gasteiger partial charge in [-0.3, -0.25) is 14.4 Å². The maximum Gasteiger partial charge on any atom is 0.307 e. The van der Waals surface area contributed by atoms with Gasteiger partial charge in [-0.05, 0) is 37.1 Å². The quantitative estimate of drug-likeness (QED) is 0.624. The van der Waals surface area contributed by atoms with Gasteiger partial charge in [-0.2, -0.15) is 0 Å². The van der Waals surface area contributed by atoms with E-state index in [4.69, 9.17) is 10.5 Å². The number of halogens is 1. The van der Waals surface area contributed by atoms with Gasteiger partial charge in [0, 0.05) is 31.0 Å². The maximum atomic E-state index is 12.3. The Labute approximate surface area is 158 Å². The van der Waals surface area contributed by atoms with Crippen LogP contribution in [0.4, 0.5) is 5.69 Å². The Hall–Kier alpha value is -2.16. The summed E-state index contributed by atoms with van der Waals surface area (Å²) in [6.45, 7) is 1.13. The number of methoxy groups -OCH3 is 1. The molecule has 1 fully saturated rings. The number of rotatable bonds is 6. The summed E-state index contributed by atoms with van der Waals surface area (Å²) >= 11 is 0. The first-order valence-electron chi connectivity index (χ1n) is 8.08. The predicted molar refractivity (Wildman–Crippen MR) is 98.3 cm³/mol. The van der Waals surface area contributed by atoms with Gasteiger partial charge in [-0.15, -0.1) is 12.4 Å². The molecule has 1 aromatic rings. The molecular weight excluding hydrogens is 362 g/mol. The summed E-state index contributed by atoms with van der Waals surface area (Å²) in [4.78, 5) is 35.3. The van der Waals surface area contributed by atoms with Crippen LogP contribution in [0.2, 0.25) is 0 Å². The average molecular weight is 386 g/mol. The standard InChI is InChI=1S/C17H23N3O5.ClH/c1-24-14(21)6-9-19-15(22)12-2-4-13(5-3-12)20-16(23)17(18)7-10-25-11-8-17;/h2-5H,6-11,18H2,1H3,(H,19,22)(H,20,23);1H. The van der Waals surface area contributed by atoms with Crippen LogP contribution in [0.1, 0.15) is 29.6 Å². The van der Waals surface area contributed by atoms with Crippen molar-refractivity contribution in [3.8, 4) is 0 Å². The van der Waals surface area contributed by atoms with Crippen LogP contribution < -0.4 is 16.4 Å². The molecule has 0 bridgehead atoms. The molecule has 144 valence electrons. The molecule has 1 saturated heterocycles. The zero-order valence-corrected chi connectivity index (χ0v) is 15.4. The van der Waals surface area contributed by atoms with E-state index in [-0.39, 0.29) is 43.2 Å². The van der Waals surface area contributed by atoms with Crippen molar-refractivity contribution in [2.45, 2.75) is 24.8 Å². The van der Waals surface area contributed by atoms with E-state index in [9.17, 15) is 14.4 Å². The number of benzene rings is 1. The minimum absolute atomic E-state index is 0. The Bertz CT molecular complexity index is 630. The van der Waals surface area contributed by atoms with Crippen molar-refractivity contribution in [2.75, 3.05) is 32.2 Å². The molecule has 0 atom stereocenters. The number of hydrogen-bond acceptors (Lipinski definition) is 6. The lowest BCUT2D eigenvalue weighted by molar-refractivity contribution is -0.140.